The van der Waals surface area contributed by atoms with Crippen LogP contribution in [0.3, 0.4) is 0 Å². The van der Waals surface area contributed by atoms with E-state index in [1.807, 2.05) is 36.4 Å². The number of aromatic nitrogens is 1. The molecular weight excluding hydrogens is 226 g/mol. The van der Waals surface area contributed by atoms with E-state index in [4.69, 9.17) is 10.00 Å². The summed E-state index contributed by atoms with van der Waals surface area (Å²) in [5, 5.41) is 11.8. The van der Waals surface area contributed by atoms with Crippen LogP contribution in [0.4, 0.5) is 5.82 Å². The van der Waals surface area contributed by atoms with Crippen molar-refractivity contribution in [2.45, 2.75) is 0 Å². The Hall–Kier alpha value is -2.54. The SMILES string of the molecule is N#Cc1ccc(NCCOc2ccccc2)nc1. The minimum Gasteiger partial charge on any atom is -0.492 e. The van der Waals surface area contributed by atoms with E-state index < -0.39 is 0 Å². The van der Waals surface area contributed by atoms with Gasteiger partial charge < -0.3 is 10.1 Å². The minimum atomic E-state index is 0.557. The van der Waals surface area contributed by atoms with Gasteiger partial charge in [0.25, 0.3) is 0 Å². The number of para-hydroxylation sites is 1. The summed E-state index contributed by atoms with van der Waals surface area (Å²) in [6.45, 7) is 1.22. The van der Waals surface area contributed by atoms with E-state index in [2.05, 4.69) is 10.3 Å². The maximum absolute atomic E-state index is 8.64. The number of nitrogens with one attached hydrogen (secondary N) is 1. The number of hydrogen-bond acceptors (Lipinski definition) is 4. The summed E-state index contributed by atoms with van der Waals surface area (Å²) in [5.41, 5.74) is 0.557. The fourth-order valence-corrected chi connectivity index (χ4v) is 1.43. The van der Waals surface area contributed by atoms with Crippen LogP contribution in [0.1, 0.15) is 5.56 Å². The molecule has 2 rings (SSSR count). The summed E-state index contributed by atoms with van der Waals surface area (Å²) in [6.07, 6.45) is 1.54. The summed E-state index contributed by atoms with van der Waals surface area (Å²) >= 11 is 0. The molecule has 1 aromatic heterocycles. The van der Waals surface area contributed by atoms with Crippen molar-refractivity contribution in [1.29, 1.82) is 5.26 Å². The van der Waals surface area contributed by atoms with Crippen LogP contribution in [0.25, 0.3) is 0 Å². The lowest BCUT2D eigenvalue weighted by atomic mass is 10.3. The molecule has 0 aliphatic heterocycles. The Kier molecular flexibility index (Phi) is 4.15. The van der Waals surface area contributed by atoms with Crippen LogP contribution in [0, 0.1) is 11.3 Å². The van der Waals surface area contributed by atoms with Crippen LogP contribution in [0.5, 0.6) is 5.75 Å². The van der Waals surface area contributed by atoms with Crippen LogP contribution in [-0.4, -0.2) is 18.1 Å². The van der Waals surface area contributed by atoms with Crippen molar-refractivity contribution in [3.8, 4) is 11.8 Å². The number of anilines is 1. The molecule has 18 heavy (non-hydrogen) atoms. The van der Waals surface area contributed by atoms with Gasteiger partial charge in [-0.15, -0.1) is 0 Å². The quantitative estimate of drug-likeness (QED) is 0.814. The second-order valence-corrected chi connectivity index (χ2v) is 3.63. The number of hydrogen-bond donors (Lipinski definition) is 1. The summed E-state index contributed by atoms with van der Waals surface area (Å²) in [6, 6.07) is 15.2. The van der Waals surface area contributed by atoms with Crippen molar-refractivity contribution in [2.75, 3.05) is 18.5 Å². The van der Waals surface area contributed by atoms with Gasteiger partial charge >= 0.3 is 0 Å². The molecule has 0 radical (unpaired) electrons. The predicted molar refractivity (Wildman–Crippen MR) is 69.4 cm³/mol. The second kappa shape index (κ2) is 6.26. The monoisotopic (exact) mass is 239 g/mol. The Morgan fingerprint density at radius 1 is 1.17 bits per heavy atom. The molecule has 4 nitrogen and oxygen atoms in total. The normalized spacial score (nSPS) is 9.50. The van der Waals surface area contributed by atoms with Crippen molar-refractivity contribution in [3.05, 3.63) is 54.2 Å². The van der Waals surface area contributed by atoms with Gasteiger partial charge in [-0.05, 0) is 24.3 Å². The topological polar surface area (TPSA) is 57.9 Å². The number of nitriles is 1. The highest BCUT2D eigenvalue weighted by Gasteiger charge is 1.95. The van der Waals surface area contributed by atoms with Gasteiger partial charge in [0.2, 0.25) is 0 Å². The third-order valence-electron chi connectivity index (χ3n) is 2.31. The van der Waals surface area contributed by atoms with Crippen LogP contribution in [-0.2, 0) is 0 Å². The highest BCUT2D eigenvalue weighted by molar-refractivity contribution is 5.38. The van der Waals surface area contributed by atoms with Crippen LogP contribution in [0.15, 0.2) is 48.7 Å². The molecule has 1 aromatic carbocycles. The predicted octanol–water partition coefficient (Wildman–Crippen LogP) is 2.44. The summed E-state index contributed by atoms with van der Waals surface area (Å²) in [7, 11) is 0. The highest BCUT2D eigenvalue weighted by atomic mass is 16.5. The zero-order chi connectivity index (χ0) is 12.6. The zero-order valence-electron chi connectivity index (χ0n) is 9.84. The van der Waals surface area contributed by atoms with Gasteiger partial charge in [-0.2, -0.15) is 5.26 Å². The number of ether oxygens (including phenoxy) is 1. The van der Waals surface area contributed by atoms with E-state index in [0.29, 0.717) is 18.7 Å². The van der Waals surface area contributed by atoms with E-state index in [9.17, 15) is 0 Å². The summed E-state index contributed by atoms with van der Waals surface area (Å²) in [4.78, 5) is 4.10. The van der Waals surface area contributed by atoms with Gasteiger partial charge in [0.1, 0.15) is 24.2 Å². The van der Waals surface area contributed by atoms with Crippen molar-refractivity contribution < 1.29 is 4.74 Å². The first-order valence-corrected chi connectivity index (χ1v) is 5.66. The maximum atomic E-state index is 8.64. The molecule has 0 fully saturated rings. The molecule has 0 atom stereocenters. The number of rotatable bonds is 5. The van der Waals surface area contributed by atoms with E-state index in [1.165, 1.54) is 0 Å². The third kappa shape index (κ3) is 3.49. The Morgan fingerprint density at radius 2 is 2.00 bits per heavy atom. The fourth-order valence-electron chi connectivity index (χ4n) is 1.43. The molecule has 0 aliphatic rings. The Morgan fingerprint density at radius 3 is 2.67 bits per heavy atom. The van der Waals surface area contributed by atoms with Crippen molar-refractivity contribution >= 4 is 5.82 Å². The van der Waals surface area contributed by atoms with Crippen molar-refractivity contribution in [3.63, 3.8) is 0 Å². The number of nitrogens with zero attached hydrogens (tertiary/aromatic N) is 2. The lowest BCUT2D eigenvalue weighted by molar-refractivity contribution is 0.333. The highest BCUT2D eigenvalue weighted by Crippen LogP contribution is 2.08. The first-order valence-electron chi connectivity index (χ1n) is 5.66. The minimum absolute atomic E-state index is 0.557. The molecule has 0 bridgehead atoms. The van der Waals surface area contributed by atoms with Gasteiger partial charge in [0.05, 0.1) is 12.1 Å². The van der Waals surface area contributed by atoms with Gasteiger partial charge in [0, 0.05) is 6.20 Å². The molecule has 1 N–H and O–H groups in total. The molecule has 0 saturated heterocycles. The summed E-state index contributed by atoms with van der Waals surface area (Å²) < 4.78 is 5.53. The standard InChI is InChI=1S/C14H13N3O/c15-10-12-6-7-14(17-11-12)16-8-9-18-13-4-2-1-3-5-13/h1-7,11H,8-9H2,(H,16,17). The average molecular weight is 239 g/mol. The van der Waals surface area contributed by atoms with E-state index in [0.717, 1.165) is 11.6 Å². The largest absolute Gasteiger partial charge is 0.492 e. The van der Waals surface area contributed by atoms with Gasteiger partial charge in [-0.3, -0.25) is 0 Å². The van der Waals surface area contributed by atoms with Crippen molar-refractivity contribution in [1.82, 2.24) is 4.98 Å². The molecule has 1 heterocycles. The first-order chi connectivity index (χ1) is 8.88. The van der Waals surface area contributed by atoms with E-state index >= 15 is 0 Å². The zero-order valence-corrected chi connectivity index (χ0v) is 9.84. The molecule has 0 amide bonds. The summed E-state index contributed by atoms with van der Waals surface area (Å²) in [5.74, 6) is 1.60. The lowest BCUT2D eigenvalue weighted by Crippen LogP contribution is -2.12. The van der Waals surface area contributed by atoms with Gasteiger partial charge in [-0.25, -0.2) is 4.98 Å². The second-order valence-electron chi connectivity index (χ2n) is 3.63. The molecule has 2 aromatic rings. The molecule has 0 aliphatic carbocycles. The van der Waals surface area contributed by atoms with Crippen LogP contribution >= 0.6 is 0 Å². The number of benzene rings is 1. The van der Waals surface area contributed by atoms with Crippen LogP contribution < -0.4 is 10.1 Å². The van der Waals surface area contributed by atoms with E-state index in [-0.39, 0.29) is 0 Å². The van der Waals surface area contributed by atoms with Crippen molar-refractivity contribution in [2.24, 2.45) is 0 Å². The fraction of sp³-hybridized carbons (Fsp3) is 0.143. The average Bonchev–Trinajstić information content (AvgIpc) is 2.45. The third-order valence-corrected chi connectivity index (χ3v) is 2.31. The Labute approximate surface area is 106 Å². The molecule has 90 valence electrons. The molecule has 0 spiro atoms. The maximum Gasteiger partial charge on any atom is 0.126 e. The van der Waals surface area contributed by atoms with Gasteiger partial charge in [-0.1, -0.05) is 18.2 Å². The molecule has 0 saturated carbocycles. The van der Waals surface area contributed by atoms with Gasteiger partial charge in [0.15, 0.2) is 0 Å². The molecule has 0 unspecified atom stereocenters. The molecule has 4 heteroatoms. The number of pyridine rings is 1. The lowest BCUT2D eigenvalue weighted by Gasteiger charge is -2.07. The smallest absolute Gasteiger partial charge is 0.126 e. The van der Waals surface area contributed by atoms with Crippen LogP contribution in [0.2, 0.25) is 0 Å². The first kappa shape index (κ1) is 11.9. The molecular formula is C14H13N3O. The Balaban J connectivity index is 1.74. The Bertz CT molecular complexity index is 517. The van der Waals surface area contributed by atoms with E-state index in [1.54, 1.807) is 18.3 Å².